The van der Waals surface area contributed by atoms with Gasteiger partial charge in [-0.15, -0.1) is 0 Å². The second-order valence-electron chi connectivity index (χ2n) is 4.81. The van der Waals surface area contributed by atoms with E-state index >= 15 is 0 Å². The van der Waals surface area contributed by atoms with E-state index in [-0.39, 0.29) is 6.04 Å². The maximum Gasteiger partial charge on any atom is 0.279 e. The number of alkyl halides is 1. The van der Waals surface area contributed by atoms with Gasteiger partial charge in [-0.3, -0.25) is 0 Å². The lowest BCUT2D eigenvalue weighted by Gasteiger charge is -2.31. The summed E-state index contributed by atoms with van der Waals surface area (Å²) >= 11 is 3.36. The molecule has 0 aliphatic carbocycles. The average Bonchev–Trinajstić information content (AvgIpc) is 2.28. The van der Waals surface area contributed by atoms with Crippen LogP contribution < -0.4 is 4.72 Å². The van der Waals surface area contributed by atoms with E-state index in [4.69, 9.17) is 0 Å². The van der Waals surface area contributed by atoms with Gasteiger partial charge in [0, 0.05) is 24.5 Å². The van der Waals surface area contributed by atoms with Crippen LogP contribution in [-0.2, 0) is 10.2 Å². The molecule has 1 heterocycles. The van der Waals surface area contributed by atoms with Gasteiger partial charge in [-0.05, 0) is 31.6 Å². The van der Waals surface area contributed by atoms with Gasteiger partial charge < -0.3 is 0 Å². The van der Waals surface area contributed by atoms with Crippen molar-refractivity contribution in [3.05, 3.63) is 0 Å². The summed E-state index contributed by atoms with van der Waals surface area (Å²) < 4.78 is 28.7. The molecule has 1 N–H and O–H groups in total. The van der Waals surface area contributed by atoms with Crippen molar-refractivity contribution in [2.75, 3.05) is 18.4 Å². The first-order chi connectivity index (χ1) is 7.99. The lowest BCUT2D eigenvalue weighted by molar-refractivity contribution is 0.276. The summed E-state index contributed by atoms with van der Waals surface area (Å²) in [5, 5.41) is 0.824. The number of halogens is 1. The van der Waals surface area contributed by atoms with Crippen LogP contribution in [0.3, 0.4) is 0 Å². The van der Waals surface area contributed by atoms with Crippen LogP contribution in [0.1, 0.15) is 39.5 Å². The van der Waals surface area contributed by atoms with Crippen LogP contribution in [0.4, 0.5) is 0 Å². The molecule has 0 aromatic carbocycles. The van der Waals surface area contributed by atoms with E-state index in [1.807, 2.05) is 6.92 Å². The molecule has 0 bridgehead atoms. The fraction of sp³-hybridized carbons (Fsp3) is 1.00. The minimum absolute atomic E-state index is 0.0385. The van der Waals surface area contributed by atoms with Crippen molar-refractivity contribution in [3.8, 4) is 0 Å². The van der Waals surface area contributed by atoms with E-state index in [1.165, 1.54) is 0 Å². The first-order valence-corrected chi connectivity index (χ1v) is 8.89. The number of rotatable bonds is 6. The predicted molar refractivity (Wildman–Crippen MR) is 74.5 cm³/mol. The molecule has 0 spiro atoms. The van der Waals surface area contributed by atoms with Crippen LogP contribution >= 0.6 is 15.9 Å². The monoisotopic (exact) mass is 326 g/mol. The SMILES string of the molecule is CCC(CCBr)NS(=O)(=O)N1CCCC(C)C1. The highest BCUT2D eigenvalue weighted by Gasteiger charge is 2.28. The van der Waals surface area contributed by atoms with Crippen LogP contribution in [0.5, 0.6) is 0 Å². The van der Waals surface area contributed by atoms with Gasteiger partial charge in [-0.25, -0.2) is 0 Å². The summed E-state index contributed by atoms with van der Waals surface area (Å²) in [7, 11) is -3.29. The molecule has 1 saturated heterocycles. The van der Waals surface area contributed by atoms with Gasteiger partial charge in [-0.1, -0.05) is 29.8 Å². The zero-order chi connectivity index (χ0) is 12.9. The fourth-order valence-corrected chi connectivity index (χ4v) is 4.36. The quantitative estimate of drug-likeness (QED) is 0.760. The molecule has 17 heavy (non-hydrogen) atoms. The van der Waals surface area contributed by atoms with E-state index in [0.29, 0.717) is 19.0 Å². The first-order valence-electron chi connectivity index (χ1n) is 6.33. The molecule has 2 unspecified atom stereocenters. The van der Waals surface area contributed by atoms with E-state index < -0.39 is 10.2 Å². The van der Waals surface area contributed by atoms with Crippen molar-refractivity contribution in [2.45, 2.75) is 45.6 Å². The van der Waals surface area contributed by atoms with E-state index in [0.717, 1.165) is 31.0 Å². The molecule has 102 valence electrons. The van der Waals surface area contributed by atoms with Crippen LogP contribution in [0, 0.1) is 5.92 Å². The van der Waals surface area contributed by atoms with Gasteiger partial charge in [0.25, 0.3) is 10.2 Å². The smallest absolute Gasteiger partial charge is 0.199 e. The Hall–Kier alpha value is 0.350. The summed E-state index contributed by atoms with van der Waals surface area (Å²) in [5.41, 5.74) is 0. The minimum atomic E-state index is -3.29. The molecular formula is C11H23BrN2O2S. The van der Waals surface area contributed by atoms with Gasteiger partial charge >= 0.3 is 0 Å². The van der Waals surface area contributed by atoms with Gasteiger partial charge in [0.15, 0.2) is 0 Å². The molecule has 0 saturated carbocycles. The second-order valence-corrected chi connectivity index (χ2v) is 7.31. The third-order valence-electron chi connectivity index (χ3n) is 3.23. The Balaban J connectivity index is 2.60. The number of nitrogens with zero attached hydrogens (tertiary/aromatic N) is 1. The molecule has 1 aliphatic heterocycles. The summed E-state index contributed by atoms with van der Waals surface area (Å²) in [5.74, 6) is 0.469. The molecule has 6 heteroatoms. The largest absolute Gasteiger partial charge is 0.279 e. The topological polar surface area (TPSA) is 49.4 Å². The average molecular weight is 327 g/mol. The number of hydrogen-bond acceptors (Lipinski definition) is 2. The third-order valence-corrected chi connectivity index (χ3v) is 5.33. The van der Waals surface area contributed by atoms with Crippen molar-refractivity contribution in [3.63, 3.8) is 0 Å². The maximum absolute atomic E-state index is 12.2. The van der Waals surface area contributed by atoms with Crippen molar-refractivity contribution in [2.24, 2.45) is 5.92 Å². The Kier molecular flexibility index (Phi) is 6.40. The highest BCUT2D eigenvalue weighted by molar-refractivity contribution is 9.09. The van der Waals surface area contributed by atoms with Crippen molar-refractivity contribution in [1.29, 1.82) is 0 Å². The molecule has 0 aromatic heterocycles. The molecule has 1 fully saturated rings. The maximum atomic E-state index is 12.2. The number of piperidine rings is 1. The zero-order valence-corrected chi connectivity index (χ0v) is 13.1. The molecule has 2 atom stereocenters. The summed E-state index contributed by atoms with van der Waals surface area (Å²) in [6.07, 6.45) is 3.76. The lowest BCUT2D eigenvalue weighted by atomic mass is 10.0. The van der Waals surface area contributed by atoms with Crippen molar-refractivity contribution < 1.29 is 8.42 Å². The number of hydrogen-bond donors (Lipinski definition) is 1. The van der Waals surface area contributed by atoms with E-state index in [9.17, 15) is 8.42 Å². The zero-order valence-electron chi connectivity index (χ0n) is 10.7. The van der Waals surface area contributed by atoms with Crippen molar-refractivity contribution in [1.82, 2.24) is 9.03 Å². The number of nitrogens with one attached hydrogen (secondary N) is 1. The molecular weight excluding hydrogens is 304 g/mol. The Morgan fingerprint density at radius 2 is 2.24 bits per heavy atom. The van der Waals surface area contributed by atoms with Gasteiger partial charge in [0.05, 0.1) is 0 Å². The van der Waals surface area contributed by atoms with Gasteiger partial charge in [0.1, 0.15) is 0 Å². The molecule has 0 amide bonds. The van der Waals surface area contributed by atoms with Gasteiger partial charge in [-0.2, -0.15) is 17.4 Å². The van der Waals surface area contributed by atoms with Crippen LogP contribution in [0.2, 0.25) is 0 Å². The van der Waals surface area contributed by atoms with E-state index in [2.05, 4.69) is 27.6 Å². The summed E-state index contributed by atoms with van der Waals surface area (Å²) in [6, 6.07) is 0.0385. The first kappa shape index (κ1) is 15.4. The highest BCUT2D eigenvalue weighted by Crippen LogP contribution is 2.18. The van der Waals surface area contributed by atoms with Crippen molar-refractivity contribution >= 4 is 26.1 Å². The Labute approximate surface area is 113 Å². The molecule has 1 aliphatic rings. The van der Waals surface area contributed by atoms with Gasteiger partial charge in [0.2, 0.25) is 0 Å². The van der Waals surface area contributed by atoms with E-state index in [1.54, 1.807) is 4.31 Å². The third kappa shape index (κ3) is 4.85. The lowest BCUT2D eigenvalue weighted by Crippen LogP contribution is -2.48. The Bertz CT molecular complexity index is 321. The molecule has 1 rings (SSSR count). The standard InChI is InChI=1S/C11H23BrN2O2S/c1-3-11(6-7-12)13-17(15,16)14-8-4-5-10(2)9-14/h10-11,13H,3-9H2,1-2H3. The summed E-state index contributed by atoms with van der Waals surface area (Å²) in [6.45, 7) is 5.43. The predicted octanol–water partition coefficient (Wildman–Crippen LogP) is 2.12. The fourth-order valence-electron chi connectivity index (χ4n) is 2.13. The summed E-state index contributed by atoms with van der Waals surface area (Å²) in [4.78, 5) is 0. The highest BCUT2D eigenvalue weighted by atomic mass is 79.9. The van der Waals surface area contributed by atoms with Crippen LogP contribution in [0.15, 0.2) is 0 Å². The minimum Gasteiger partial charge on any atom is -0.199 e. The second kappa shape index (κ2) is 7.07. The van der Waals surface area contributed by atoms with Crippen LogP contribution in [-0.4, -0.2) is 37.2 Å². The molecule has 0 radical (unpaired) electrons. The molecule has 0 aromatic rings. The normalized spacial score (nSPS) is 24.8. The van der Waals surface area contributed by atoms with Crippen LogP contribution in [0.25, 0.3) is 0 Å². The Morgan fingerprint density at radius 3 is 2.76 bits per heavy atom. The Morgan fingerprint density at radius 1 is 1.53 bits per heavy atom. The molecule has 4 nitrogen and oxygen atoms in total.